The second-order valence-electron chi connectivity index (χ2n) is 4.16. The number of likely N-dealkylation sites (N-methyl/N-ethyl adjacent to an activating group) is 1. The summed E-state index contributed by atoms with van der Waals surface area (Å²) in [6.45, 7) is 10.2. The van der Waals surface area contributed by atoms with E-state index in [1.54, 1.807) is 0 Å². The van der Waals surface area contributed by atoms with Crippen molar-refractivity contribution in [2.45, 2.75) is 40.3 Å². The number of hydrogen-bond acceptors (Lipinski definition) is 3. The Morgan fingerprint density at radius 3 is 2.33 bits per heavy atom. The fourth-order valence-corrected chi connectivity index (χ4v) is 1.76. The van der Waals surface area contributed by atoms with Gasteiger partial charge in [0.15, 0.2) is 0 Å². The topological polar surface area (TPSA) is 37.2 Å². The summed E-state index contributed by atoms with van der Waals surface area (Å²) in [6.07, 6.45) is 0. The van der Waals surface area contributed by atoms with Crippen molar-refractivity contribution >= 4 is 0 Å². The number of hydrogen-bond donors (Lipinski definition) is 2. The number of nitrogens with one attached hydrogen (secondary N) is 2. The zero-order valence-corrected chi connectivity index (χ0v) is 10.4. The number of furan rings is 1. The van der Waals surface area contributed by atoms with Crippen molar-refractivity contribution in [2.75, 3.05) is 13.6 Å². The van der Waals surface area contributed by atoms with Gasteiger partial charge in [0.2, 0.25) is 0 Å². The van der Waals surface area contributed by atoms with Gasteiger partial charge in [0.05, 0.1) is 0 Å². The minimum Gasteiger partial charge on any atom is -0.466 e. The fraction of sp³-hybridized carbons (Fsp3) is 0.667. The van der Waals surface area contributed by atoms with Crippen LogP contribution in [0.3, 0.4) is 0 Å². The summed E-state index contributed by atoms with van der Waals surface area (Å²) in [5, 5.41) is 6.62. The average Bonchev–Trinajstić information content (AvgIpc) is 2.40. The van der Waals surface area contributed by atoms with Gasteiger partial charge in [-0.15, -0.1) is 0 Å². The van der Waals surface area contributed by atoms with Crippen LogP contribution < -0.4 is 10.6 Å². The molecule has 0 saturated carbocycles. The van der Waals surface area contributed by atoms with Crippen LogP contribution in [-0.4, -0.2) is 19.6 Å². The zero-order chi connectivity index (χ0) is 11.4. The van der Waals surface area contributed by atoms with Crippen LogP contribution in [0.15, 0.2) is 4.42 Å². The lowest BCUT2D eigenvalue weighted by molar-refractivity contribution is 0.489. The molecule has 1 aromatic heterocycles. The summed E-state index contributed by atoms with van der Waals surface area (Å²) in [5.41, 5.74) is 2.58. The lowest BCUT2D eigenvalue weighted by Gasteiger charge is -2.13. The first-order valence-electron chi connectivity index (χ1n) is 5.49. The summed E-state index contributed by atoms with van der Waals surface area (Å²) < 4.78 is 5.58. The van der Waals surface area contributed by atoms with E-state index >= 15 is 0 Å². The van der Waals surface area contributed by atoms with E-state index in [1.807, 2.05) is 20.9 Å². The summed E-state index contributed by atoms with van der Waals surface area (Å²) in [5.74, 6) is 2.07. The van der Waals surface area contributed by atoms with Gasteiger partial charge < -0.3 is 15.1 Å². The van der Waals surface area contributed by atoms with Gasteiger partial charge in [-0.05, 0) is 40.3 Å². The van der Waals surface area contributed by atoms with E-state index in [2.05, 4.69) is 24.5 Å². The third-order valence-electron chi connectivity index (χ3n) is 2.85. The van der Waals surface area contributed by atoms with Crippen molar-refractivity contribution < 1.29 is 4.42 Å². The maximum atomic E-state index is 5.58. The van der Waals surface area contributed by atoms with Gasteiger partial charge in [-0.1, -0.05) is 0 Å². The Kier molecular flexibility index (Phi) is 4.36. The predicted octanol–water partition coefficient (Wildman–Crippen LogP) is 1.90. The molecule has 0 aliphatic carbocycles. The Bertz CT molecular complexity index is 318. The largest absolute Gasteiger partial charge is 0.466 e. The number of rotatable bonds is 5. The van der Waals surface area contributed by atoms with E-state index in [9.17, 15) is 0 Å². The van der Waals surface area contributed by atoms with Gasteiger partial charge >= 0.3 is 0 Å². The standard InChI is InChI=1S/C12H22N2O/c1-8(6-13-5)14-7-12-9(2)10(3)15-11(12)4/h8,13-14H,6-7H2,1-5H3. The Hall–Kier alpha value is -0.800. The van der Waals surface area contributed by atoms with Crippen LogP contribution in [-0.2, 0) is 6.54 Å². The highest BCUT2D eigenvalue weighted by molar-refractivity contribution is 5.31. The molecule has 1 rings (SSSR count). The minimum atomic E-state index is 0.476. The predicted molar refractivity (Wildman–Crippen MR) is 63.1 cm³/mol. The molecule has 1 heterocycles. The van der Waals surface area contributed by atoms with E-state index in [1.165, 1.54) is 11.1 Å². The lowest BCUT2D eigenvalue weighted by Crippen LogP contribution is -2.34. The normalized spacial score (nSPS) is 13.1. The summed E-state index contributed by atoms with van der Waals surface area (Å²) in [7, 11) is 1.97. The molecule has 0 spiro atoms. The van der Waals surface area contributed by atoms with Crippen molar-refractivity contribution in [1.29, 1.82) is 0 Å². The van der Waals surface area contributed by atoms with E-state index in [0.717, 1.165) is 24.6 Å². The van der Waals surface area contributed by atoms with Crippen molar-refractivity contribution in [3.8, 4) is 0 Å². The fourth-order valence-electron chi connectivity index (χ4n) is 1.76. The van der Waals surface area contributed by atoms with Crippen molar-refractivity contribution in [2.24, 2.45) is 0 Å². The molecule has 15 heavy (non-hydrogen) atoms. The third-order valence-corrected chi connectivity index (χ3v) is 2.85. The summed E-state index contributed by atoms with van der Waals surface area (Å²) in [4.78, 5) is 0. The molecule has 3 heteroatoms. The van der Waals surface area contributed by atoms with Crippen LogP contribution in [0.5, 0.6) is 0 Å². The van der Waals surface area contributed by atoms with Crippen LogP contribution in [0.4, 0.5) is 0 Å². The molecule has 0 bridgehead atoms. The van der Waals surface area contributed by atoms with E-state index in [-0.39, 0.29) is 0 Å². The Balaban J connectivity index is 2.57. The maximum Gasteiger partial charge on any atom is 0.105 e. The first-order chi connectivity index (χ1) is 7.06. The van der Waals surface area contributed by atoms with Crippen LogP contribution in [0.1, 0.15) is 29.6 Å². The highest BCUT2D eigenvalue weighted by atomic mass is 16.3. The monoisotopic (exact) mass is 210 g/mol. The van der Waals surface area contributed by atoms with E-state index in [4.69, 9.17) is 4.42 Å². The smallest absolute Gasteiger partial charge is 0.105 e. The molecule has 1 aromatic rings. The molecule has 0 aromatic carbocycles. The van der Waals surface area contributed by atoms with Crippen molar-refractivity contribution in [1.82, 2.24) is 10.6 Å². The molecule has 1 atom stereocenters. The highest BCUT2D eigenvalue weighted by Crippen LogP contribution is 2.20. The molecule has 3 nitrogen and oxygen atoms in total. The zero-order valence-electron chi connectivity index (χ0n) is 10.4. The minimum absolute atomic E-state index is 0.476. The Labute approximate surface area is 92.2 Å². The molecule has 0 aliphatic heterocycles. The molecular formula is C12H22N2O. The van der Waals surface area contributed by atoms with Crippen LogP contribution in [0, 0.1) is 20.8 Å². The third kappa shape index (κ3) is 3.08. The van der Waals surface area contributed by atoms with Crippen molar-refractivity contribution in [3.05, 3.63) is 22.6 Å². The second-order valence-corrected chi connectivity index (χ2v) is 4.16. The molecule has 86 valence electrons. The molecule has 1 unspecified atom stereocenters. The average molecular weight is 210 g/mol. The van der Waals surface area contributed by atoms with Gasteiger partial charge in [0, 0.05) is 24.7 Å². The van der Waals surface area contributed by atoms with Gasteiger partial charge in [-0.25, -0.2) is 0 Å². The second kappa shape index (κ2) is 5.33. The Morgan fingerprint density at radius 2 is 1.87 bits per heavy atom. The van der Waals surface area contributed by atoms with E-state index < -0.39 is 0 Å². The molecular weight excluding hydrogens is 188 g/mol. The molecule has 0 saturated heterocycles. The quantitative estimate of drug-likeness (QED) is 0.779. The summed E-state index contributed by atoms with van der Waals surface area (Å²) >= 11 is 0. The lowest BCUT2D eigenvalue weighted by atomic mass is 10.1. The van der Waals surface area contributed by atoms with E-state index in [0.29, 0.717) is 6.04 Å². The first-order valence-corrected chi connectivity index (χ1v) is 5.49. The Morgan fingerprint density at radius 1 is 1.20 bits per heavy atom. The first kappa shape index (κ1) is 12.3. The van der Waals surface area contributed by atoms with Crippen LogP contribution in [0.25, 0.3) is 0 Å². The molecule has 2 N–H and O–H groups in total. The molecule has 0 amide bonds. The SMILES string of the molecule is CNCC(C)NCc1c(C)oc(C)c1C. The van der Waals surface area contributed by atoms with Crippen LogP contribution >= 0.6 is 0 Å². The summed E-state index contributed by atoms with van der Waals surface area (Å²) in [6, 6.07) is 0.476. The van der Waals surface area contributed by atoms with Gasteiger partial charge in [0.25, 0.3) is 0 Å². The maximum absolute atomic E-state index is 5.58. The van der Waals surface area contributed by atoms with Crippen molar-refractivity contribution in [3.63, 3.8) is 0 Å². The van der Waals surface area contributed by atoms with Gasteiger partial charge in [-0.3, -0.25) is 0 Å². The van der Waals surface area contributed by atoms with Gasteiger partial charge in [0.1, 0.15) is 11.5 Å². The number of aryl methyl sites for hydroxylation is 2. The molecule has 0 aliphatic rings. The molecule has 0 radical (unpaired) electrons. The highest BCUT2D eigenvalue weighted by Gasteiger charge is 2.11. The van der Waals surface area contributed by atoms with Gasteiger partial charge in [-0.2, -0.15) is 0 Å². The molecule has 0 fully saturated rings. The van der Waals surface area contributed by atoms with Crippen LogP contribution in [0.2, 0.25) is 0 Å².